The molecule has 0 aromatic rings. The summed E-state index contributed by atoms with van der Waals surface area (Å²) in [5.74, 6) is -0.0300. The summed E-state index contributed by atoms with van der Waals surface area (Å²) in [4.78, 5) is 0. The normalized spacial score (nSPS) is 48.6. The third-order valence-corrected chi connectivity index (χ3v) is 14.4. The molecule has 2 aliphatic heterocycles. The molecule has 3 saturated carbocycles. The largest absolute Gasteiger partial charge is 0.394 e. The highest BCUT2D eigenvalue weighted by molar-refractivity contribution is 5.40. The lowest BCUT2D eigenvalue weighted by Gasteiger charge is -2.60. The van der Waals surface area contributed by atoms with Gasteiger partial charge in [0.1, 0.15) is 54.9 Å². The highest BCUT2D eigenvalue weighted by Gasteiger charge is 2.64. The molecular weight excluding hydrogens is 716 g/mol. The van der Waals surface area contributed by atoms with Crippen molar-refractivity contribution in [1.29, 1.82) is 0 Å². The van der Waals surface area contributed by atoms with Gasteiger partial charge in [0.2, 0.25) is 0 Å². The Labute approximate surface area is 325 Å². The summed E-state index contributed by atoms with van der Waals surface area (Å²) in [7, 11) is 2.79. The van der Waals surface area contributed by atoms with Crippen LogP contribution in [0.25, 0.3) is 0 Å². The van der Waals surface area contributed by atoms with Crippen LogP contribution in [0.3, 0.4) is 0 Å². The fourth-order valence-corrected chi connectivity index (χ4v) is 11.5. The fourth-order valence-electron chi connectivity index (χ4n) is 11.5. The van der Waals surface area contributed by atoms with Crippen molar-refractivity contribution in [3.63, 3.8) is 0 Å². The van der Waals surface area contributed by atoms with Crippen molar-refractivity contribution in [3.05, 3.63) is 23.3 Å². The molecule has 4 aliphatic carbocycles. The Morgan fingerprint density at radius 3 is 2.24 bits per heavy atom. The maximum atomic E-state index is 12.4. The SMILES string of the molecule is COC[C@@H](O)[C@@H]1O[C@@H](O[C@@H]2C3=C4C[C@@H](O[C@@H]5O[C@H](CO)[C@@H](O)[C@H](OC)[C@H]5O)[C@H]([C@H](C)/C=C/CC(C)C)[C@@]4(C)CC[C@@H]3[C@@]3(C)CC[C@@H](O)C[C@@H]3[C@@H]2O)[C@H](O)[C@H]1O. The summed E-state index contributed by atoms with van der Waals surface area (Å²) < 4.78 is 36.0. The van der Waals surface area contributed by atoms with Crippen molar-refractivity contribution < 1.29 is 69.3 Å². The molecule has 0 unspecified atom stereocenters. The van der Waals surface area contributed by atoms with E-state index in [1.54, 1.807) is 0 Å². The number of fused-ring (bicyclic) bond motifs is 4. The summed E-state index contributed by atoms with van der Waals surface area (Å²) >= 11 is 0. The zero-order valence-corrected chi connectivity index (χ0v) is 33.5. The minimum atomic E-state index is -1.51. The molecule has 0 spiro atoms. The molecule has 14 nitrogen and oxygen atoms in total. The Kier molecular flexibility index (Phi) is 13.6. The molecule has 0 aromatic heterocycles. The zero-order valence-electron chi connectivity index (χ0n) is 33.5. The molecule has 0 amide bonds. The van der Waals surface area contributed by atoms with Crippen LogP contribution in [0.15, 0.2) is 23.3 Å². The first-order chi connectivity index (χ1) is 26.0. The van der Waals surface area contributed by atoms with E-state index >= 15 is 0 Å². The molecule has 14 heteroatoms. The quantitative estimate of drug-likeness (QED) is 0.123. The molecule has 2 heterocycles. The fraction of sp³-hybridized carbons (Fsp3) is 0.902. The molecule has 6 rings (SSSR count). The molecule has 0 radical (unpaired) electrons. The van der Waals surface area contributed by atoms with E-state index in [1.807, 2.05) is 0 Å². The van der Waals surface area contributed by atoms with Crippen LogP contribution in [-0.2, 0) is 28.4 Å². The highest BCUT2D eigenvalue weighted by atomic mass is 16.7. The van der Waals surface area contributed by atoms with Crippen molar-refractivity contribution in [3.8, 4) is 0 Å². The average Bonchev–Trinajstić information content (AvgIpc) is 3.59. The molecule has 316 valence electrons. The van der Waals surface area contributed by atoms with Gasteiger partial charge in [-0.25, -0.2) is 0 Å². The molecule has 0 bridgehead atoms. The van der Waals surface area contributed by atoms with Crippen molar-refractivity contribution in [2.75, 3.05) is 27.4 Å². The van der Waals surface area contributed by atoms with Gasteiger partial charge in [0, 0.05) is 20.1 Å². The van der Waals surface area contributed by atoms with Gasteiger partial charge < -0.3 is 69.3 Å². The van der Waals surface area contributed by atoms with Crippen LogP contribution < -0.4 is 0 Å². The minimum absolute atomic E-state index is 0.000736. The van der Waals surface area contributed by atoms with E-state index in [-0.39, 0.29) is 35.7 Å². The van der Waals surface area contributed by atoms with Crippen molar-refractivity contribution in [2.45, 2.75) is 165 Å². The standard InChI is InChI=1S/C41H68O14/c1-19(2)9-8-10-20(3)29-26(52-39-34(49)37(51-7)31(46)27(17-42)53-39)16-23-28-22(12-14-41(23,29)5)40(4)13-11-21(43)15-24(40)30(45)36(28)55-38-33(48)32(47)35(54-38)25(44)18-50-6/h8,10,19-22,24-27,29-39,42-49H,9,11-18H2,1-7H3/b10-8+/t20-,21-,22+,24-,25-,26-,27-,29+,30+,31-,32-,33-,34-,35+,36-,37+,38+,39-,40-,41+/m1/s1. The molecule has 5 fully saturated rings. The number of allylic oxidation sites excluding steroid dienone is 2. The Bertz CT molecular complexity index is 1360. The van der Waals surface area contributed by atoms with E-state index in [4.69, 9.17) is 28.4 Å². The van der Waals surface area contributed by atoms with Gasteiger partial charge in [-0.3, -0.25) is 0 Å². The van der Waals surface area contributed by atoms with Crippen LogP contribution in [0, 0.1) is 40.4 Å². The monoisotopic (exact) mass is 784 g/mol. The average molecular weight is 785 g/mol. The van der Waals surface area contributed by atoms with Crippen molar-refractivity contribution >= 4 is 0 Å². The van der Waals surface area contributed by atoms with Crippen LogP contribution in [0.1, 0.15) is 79.6 Å². The smallest absolute Gasteiger partial charge is 0.187 e. The Hall–Kier alpha value is -1.08. The third kappa shape index (κ3) is 7.88. The van der Waals surface area contributed by atoms with Gasteiger partial charge in [0.15, 0.2) is 12.6 Å². The predicted octanol–water partition coefficient (Wildman–Crippen LogP) is 1.18. The number of rotatable bonds is 13. The first-order valence-electron chi connectivity index (χ1n) is 20.4. The number of hydrogen-bond donors (Lipinski definition) is 8. The molecule has 20 atom stereocenters. The second kappa shape index (κ2) is 17.3. The lowest BCUT2D eigenvalue weighted by atomic mass is 9.47. The van der Waals surface area contributed by atoms with Crippen molar-refractivity contribution in [1.82, 2.24) is 0 Å². The van der Waals surface area contributed by atoms with Gasteiger partial charge in [0.05, 0.1) is 31.5 Å². The van der Waals surface area contributed by atoms with E-state index < -0.39 is 97.8 Å². The topological polar surface area (TPSA) is 217 Å². The number of aliphatic hydroxyl groups is 8. The molecule has 2 saturated heterocycles. The lowest BCUT2D eigenvalue weighted by Crippen LogP contribution is -2.60. The highest BCUT2D eigenvalue weighted by Crippen LogP contribution is 2.67. The molecular formula is C41H68O14. The van der Waals surface area contributed by atoms with E-state index in [1.165, 1.54) is 14.2 Å². The molecule has 8 N–H and O–H groups in total. The number of methoxy groups -OCH3 is 2. The van der Waals surface area contributed by atoms with Crippen LogP contribution in [0.4, 0.5) is 0 Å². The van der Waals surface area contributed by atoms with Crippen LogP contribution in [-0.4, -0.2) is 154 Å². The zero-order chi connectivity index (χ0) is 40.1. The molecule has 6 aliphatic rings. The van der Waals surface area contributed by atoms with Crippen molar-refractivity contribution in [2.24, 2.45) is 40.4 Å². The number of hydrogen-bond acceptors (Lipinski definition) is 14. The van der Waals surface area contributed by atoms with E-state index in [0.29, 0.717) is 31.6 Å². The van der Waals surface area contributed by atoms with E-state index in [2.05, 4.69) is 46.8 Å². The van der Waals surface area contributed by atoms with Crippen LogP contribution in [0.5, 0.6) is 0 Å². The van der Waals surface area contributed by atoms with Gasteiger partial charge in [-0.2, -0.15) is 0 Å². The van der Waals surface area contributed by atoms with Gasteiger partial charge >= 0.3 is 0 Å². The molecule has 55 heavy (non-hydrogen) atoms. The number of ether oxygens (including phenoxy) is 6. The first-order valence-corrected chi connectivity index (χ1v) is 20.4. The predicted molar refractivity (Wildman–Crippen MR) is 198 cm³/mol. The third-order valence-electron chi connectivity index (χ3n) is 14.4. The minimum Gasteiger partial charge on any atom is -0.394 e. The number of aliphatic hydroxyl groups excluding tert-OH is 8. The van der Waals surface area contributed by atoms with Crippen LogP contribution in [0.2, 0.25) is 0 Å². The van der Waals surface area contributed by atoms with E-state index in [9.17, 15) is 40.9 Å². The van der Waals surface area contributed by atoms with Crippen LogP contribution >= 0.6 is 0 Å². The van der Waals surface area contributed by atoms with E-state index in [0.717, 1.165) is 30.4 Å². The first kappa shape index (κ1) is 43.5. The summed E-state index contributed by atoms with van der Waals surface area (Å²) in [5, 5.41) is 88.3. The summed E-state index contributed by atoms with van der Waals surface area (Å²) in [5.41, 5.74) is 1.14. The summed E-state index contributed by atoms with van der Waals surface area (Å²) in [6, 6.07) is 0. The van der Waals surface area contributed by atoms with Gasteiger partial charge in [0.25, 0.3) is 0 Å². The second-order valence-corrected chi connectivity index (χ2v) is 18.2. The molecule has 0 aromatic carbocycles. The lowest BCUT2D eigenvalue weighted by molar-refractivity contribution is -0.318. The summed E-state index contributed by atoms with van der Waals surface area (Å²) in [6.45, 7) is 10.3. The Balaban J connectivity index is 1.43. The van der Waals surface area contributed by atoms with Gasteiger partial charge in [-0.1, -0.05) is 52.3 Å². The summed E-state index contributed by atoms with van der Waals surface area (Å²) in [6.07, 6.45) is -6.78. The van der Waals surface area contributed by atoms with Gasteiger partial charge in [-0.15, -0.1) is 0 Å². The van der Waals surface area contributed by atoms with Gasteiger partial charge in [-0.05, 0) is 85.0 Å². The maximum absolute atomic E-state index is 12.4. The Morgan fingerprint density at radius 2 is 1.58 bits per heavy atom. The Morgan fingerprint density at radius 1 is 0.873 bits per heavy atom. The second-order valence-electron chi connectivity index (χ2n) is 18.2. The maximum Gasteiger partial charge on any atom is 0.187 e.